The second-order valence-electron chi connectivity index (χ2n) is 10.5. The van der Waals surface area contributed by atoms with E-state index < -0.39 is 28.5 Å². The normalized spacial score (nSPS) is 12.6. The summed E-state index contributed by atoms with van der Waals surface area (Å²) in [7, 11) is -4.17. The van der Waals surface area contributed by atoms with Crippen LogP contribution in [-0.2, 0) is 32.6 Å². The van der Waals surface area contributed by atoms with Crippen LogP contribution in [-0.4, -0.2) is 43.8 Å². The van der Waals surface area contributed by atoms with Crippen molar-refractivity contribution < 1.29 is 18.0 Å². The summed E-state index contributed by atoms with van der Waals surface area (Å²) in [6.45, 7) is 3.44. The van der Waals surface area contributed by atoms with Gasteiger partial charge in [0, 0.05) is 28.5 Å². The summed E-state index contributed by atoms with van der Waals surface area (Å²) in [5.41, 5.74) is 1.93. The topological polar surface area (TPSA) is 86.8 Å². The first-order valence-corrected chi connectivity index (χ1v) is 16.9. The first kappa shape index (κ1) is 33.2. The maximum Gasteiger partial charge on any atom is 0.264 e. The van der Waals surface area contributed by atoms with Crippen LogP contribution >= 0.6 is 27.5 Å². The molecule has 4 aromatic carbocycles. The van der Waals surface area contributed by atoms with Crippen molar-refractivity contribution in [3.63, 3.8) is 0 Å². The van der Waals surface area contributed by atoms with Gasteiger partial charge in [-0.2, -0.15) is 0 Å². The van der Waals surface area contributed by atoms with Gasteiger partial charge in [0.05, 0.1) is 10.6 Å². The third-order valence-electron chi connectivity index (χ3n) is 7.24. The van der Waals surface area contributed by atoms with Crippen LogP contribution in [0, 0.1) is 0 Å². The number of hydrogen-bond donors (Lipinski definition) is 1. The molecule has 0 saturated carbocycles. The van der Waals surface area contributed by atoms with Gasteiger partial charge in [-0.25, -0.2) is 8.42 Å². The first-order chi connectivity index (χ1) is 21.1. The van der Waals surface area contributed by atoms with Gasteiger partial charge in [-0.3, -0.25) is 13.9 Å². The summed E-state index contributed by atoms with van der Waals surface area (Å²) in [5.74, 6) is -0.838. The SMILES string of the molecule is CC[C@@H](C)NC(=O)[C@@H](Cc1ccccc1)N(Cc1cccc(Br)c1)C(=O)CN(c1ccc(Cl)cc1)S(=O)(=O)c1ccccc1. The predicted octanol–water partition coefficient (Wildman–Crippen LogP) is 6.85. The summed E-state index contributed by atoms with van der Waals surface area (Å²) in [4.78, 5) is 29.8. The average molecular weight is 697 g/mol. The fourth-order valence-corrected chi connectivity index (χ4v) is 6.69. The van der Waals surface area contributed by atoms with Crippen molar-refractivity contribution in [3.05, 3.63) is 130 Å². The molecule has 0 aromatic heterocycles. The van der Waals surface area contributed by atoms with Crippen LogP contribution in [0.4, 0.5) is 5.69 Å². The van der Waals surface area contributed by atoms with Gasteiger partial charge < -0.3 is 10.2 Å². The molecule has 10 heteroatoms. The Balaban J connectivity index is 1.80. The molecule has 4 aromatic rings. The monoisotopic (exact) mass is 695 g/mol. The predicted molar refractivity (Wildman–Crippen MR) is 179 cm³/mol. The molecular weight excluding hydrogens is 662 g/mol. The lowest BCUT2D eigenvalue weighted by Crippen LogP contribution is -2.54. The van der Waals surface area contributed by atoms with Crippen molar-refractivity contribution in [2.75, 3.05) is 10.8 Å². The van der Waals surface area contributed by atoms with E-state index in [9.17, 15) is 18.0 Å². The summed E-state index contributed by atoms with van der Waals surface area (Å²) >= 11 is 9.62. The maximum atomic E-state index is 14.5. The standard InChI is InChI=1S/C34H35BrClN3O4S/c1-3-25(2)37-34(41)32(22-26-11-6-4-7-12-26)38(23-27-13-10-14-28(35)21-27)33(40)24-39(30-19-17-29(36)18-20-30)44(42,43)31-15-8-5-9-16-31/h4-21,25,32H,3,22-24H2,1-2H3,(H,37,41)/t25-,32-/m1/s1. The van der Waals surface area contributed by atoms with Gasteiger partial charge in [-0.1, -0.05) is 95.1 Å². The molecule has 230 valence electrons. The molecule has 2 amide bonds. The van der Waals surface area contributed by atoms with E-state index >= 15 is 0 Å². The Morgan fingerprint density at radius 3 is 2.09 bits per heavy atom. The molecule has 0 aliphatic carbocycles. The minimum Gasteiger partial charge on any atom is -0.352 e. The number of hydrogen-bond acceptors (Lipinski definition) is 4. The molecule has 0 bridgehead atoms. The number of carbonyl (C=O) groups excluding carboxylic acids is 2. The number of halogens is 2. The molecule has 4 rings (SSSR count). The zero-order chi connectivity index (χ0) is 31.7. The Kier molecular flexibility index (Phi) is 11.6. The second-order valence-corrected chi connectivity index (χ2v) is 13.7. The van der Waals surface area contributed by atoms with Crippen molar-refractivity contribution in [3.8, 4) is 0 Å². The van der Waals surface area contributed by atoms with E-state index in [2.05, 4.69) is 21.2 Å². The number of anilines is 1. The van der Waals surface area contributed by atoms with Crippen LogP contribution in [0.1, 0.15) is 31.4 Å². The summed E-state index contributed by atoms with van der Waals surface area (Å²) in [5, 5.41) is 3.47. The highest BCUT2D eigenvalue weighted by atomic mass is 79.9. The largest absolute Gasteiger partial charge is 0.352 e. The summed E-state index contributed by atoms with van der Waals surface area (Å²) < 4.78 is 29.9. The van der Waals surface area contributed by atoms with E-state index in [0.29, 0.717) is 11.4 Å². The summed E-state index contributed by atoms with van der Waals surface area (Å²) in [6.07, 6.45) is 0.957. The highest BCUT2D eigenvalue weighted by Gasteiger charge is 2.35. The Labute approximate surface area is 273 Å². The van der Waals surface area contributed by atoms with E-state index in [1.54, 1.807) is 42.5 Å². The Morgan fingerprint density at radius 2 is 1.48 bits per heavy atom. The van der Waals surface area contributed by atoms with Gasteiger partial charge in [0.2, 0.25) is 11.8 Å². The van der Waals surface area contributed by atoms with Gasteiger partial charge in [0.15, 0.2) is 0 Å². The number of sulfonamides is 1. The van der Waals surface area contributed by atoms with Gasteiger partial charge >= 0.3 is 0 Å². The molecule has 0 saturated heterocycles. The van der Waals surface area contributed by atoms with E-state index in [-0.39, 0.29) is 35.5 Å². The van der Waals surface area contributed by atoms with Crippen molar-refractivity contribution in [2.24, 2.45) is 0 Å². The molecule has 0 spiro atoms. The molecule has 0 radical (unpaired) electrons. The maximum absolute atomic E-state index is 14.5. The minimum atomic E-state index is -4.17. The van der Waals surface area contributed by atoms with Gasteiger partial charge in [-0.05, 0) is 73.0 Å². The van der Waals surface area contributed by atoms with Crippen LogP contribution in [0.25, 0.3) is 0 Å². The first-order valence-electron chi connectivity index (χ1n) is 14.3. The molecule has 0 aliphatic heterocycles. The van der Waals surface area contributed by atoms with Gasteiger partial charge in [0.1, 0.15) is 12.6 Å². The van der Waals surface area contributed by atoms with Crippen LogP contribution in [0.2, 0.25) is 5.02 Å². The lowest BCUT2D eigenvalue weighted by atomic mass is 10.0. The van der Waals surface area contributed by atoms with E-state index in [1.807, 2.05) is 68.4 Å². The molecule has 0 fully saturated rings. The quantitative estimate of drug-likeness (QED) is 0.166. The number of rotatable bonds is 13. The lowest BCUT2D eigenvalue weighted by molar-refractivity contribution is -0.140. The third kappa shape index (κ3) is 8.71. The molecule has 0 aliphatic rings. The van der Waals surface area contributed by atoms with Crippen LogP contribution in [0.3, 0.4) is 0 Å². The molecule has 0 heterocycles. The van der Waals surface area contributed by atoms with Gasteiger partial charge in [-0.15, -0.1) is 0 Å². The Morgan fingerprint density at radius 1 is 0.864 bits per heavy atom. The van der Waals surface area contributed by atoms with Crippen molar-refractivity contribution in [2.45, 2.75) is 50.2 Å². The van der Waals surface area contributed by atoms with E-state index in [0.717, 1.165) is 19.9 Å². The zero-order valence-corrected chi connectivity index (χ0v) is 27.7. The molecule has 7 nitrogen and oxygen atoms in total. The smallest absolute Gasteiger partial charge is 0.264 e. The molecule has 0 unspecified atom stereocenters. The van der Waals surface area contributed by atoms with Crippen LogP contribution in [0.15, 0.2) is 119 Å². The fraction of sp³-hybridized carbons (Fsp3) is 0.235. The number of amides is 2. The fourth-order valence-electron chi connectivity index (χ4n) is 4.68. The number of benzene rings is 4. The Hall–Kier alpha value is -3.66. The highest BCUT2D eigenvalue weighted by molar-refractivity contribution is 9.10. The zero-order valence-electron chi connectivity index (χ0n) is 24.6. The van der Waals surface area contributed by atoms with E-state index in [1.165, 1.54) is 17.0 Å². The van der Waals surface area contributed by atoms with Gasteiger partial charge in [0.25, 0.3) is 10.0 Å². The Bertz CT molecular complexity index is 1660. The van der Waals surface area contributed by atoms with Crippen LogP contribution < -0.4 is 9.62 Å². The lowest BCUT2D eigenvalue weighted by Gasteiger charge is -2.34. The van der Waals surface area contributed by atoms with Crippen molar-refractivity contribution in [1.29, 1.82) is 0 Å². The molecule has 2 atom stereocenters. The number of nitrogens with one attached hydrogen (secondary N) is 1. The molecule has 1 N–H and O–H groups in total. The van der Waals surface area contributed by atoms with Crippen LogP contribution in [0.5, 0.6) is 0 Å². The van der Waals surface area contributed by atoms with E-state index in [4.69, 9.17) is 11.6 Å². The minimum absolute atomic E-state index is 0.0386. The highest BCUT2D eigenvalue weighted by Crippen LogP contribution is 2.26. The third-order valence-corrected chi connectivity index (χ3v) is 9.77. The number of carbonyl (C=O) groups is 2. The average Bonchev–Trinajstić information content (AvgIpc) is 3.02. The molecular formula is C34H35BrClN3O4S. The van der Waals surface area contributed by atoms with Crippen molar-refractivity contribution >= 4 is 55.1 Å². The molecule has 44 heavy (non-hydrogen) atoms. The van der Waals surface area contributed by atoms with Crippen molar-refractivity contribution in [1.82, 2.24) is 10.2 Å². The second kappa shape index (κ2) is 15.4. The number of nitrogens with zero attached hydrogens (tertiary/aromatic N) is 2. The summed E-state index contributed by atoms with van der Waals surface area (Å²) in [6, 6.07) is 30.1.